The summed E-state index contributed by atoms with van der Waals surface area (Å²) in [6, 6.07) is 16.0. The summed E-state index contributed by atoms with van der Waals surface area (Å²) < 4.78 is 5.46. The molecule has 12 heteroatoms. The van der Waals surface area contributed by atoms with Gasteiger partial charge in [-0.1, -0.05) is 75.4 Å². The zero-order chi connectivity index (χ0) is 36.6. The Morgan fingerprint density at radius 2 is 1.62 bits per heavy atom. The van der Waals surface area contributed by atoms with E-state index in [4.69, 9.17) is 4.74 Å². The van der Waals surface area contributed by atoms with Gasteiger partial charge >= 0.3 is 18.0 Å². The van der Waals surface area contributed by atoms with Gasteiger partial charge in [0.1, 0.15) is 17.2 Å². The number of carboxylic acid groups (broad SMARTS) is 1. The molecule has 0 radical (unpaired) electrons. The number of hydrogen-bond acceptors (Lipinski definition) is 7. The van der Waals surface area contributed by atoms with E-state index in [9.17, 15) is 29.1 Å². The van der Waals surface area contributed by atoms with Crippen molar-refractivity contribution in [2.75, 3.05) is 24.5 Å². The normalized spacial score (nSPS) is 25.6. The van der Waals surface area contributed by atoms with Crippen molar-refractivity contribution < 1.29 is 33.8 Å². The van der Waals surface area contributed by atoms with E-state index in [1.54, 1.807) is 30.6 Å². The van der Waals surface area contributed by atoms with Crippen molar-refractivity contribution >= 4 is 35.5 Å². The highest BCUT2D eigenvalue weighted by Crippen LogP contribution is 2.45. The van der Waals surface area contributed by atoms with Gasteiger partial charge in [-0.25, -0.2) is 9.59 Å². The third-order valence-electron chi connectivity index (χ3n) is 9.67. The van der Waals surface area contributed by atoms with Gasteiger partial charge < -0.3 is 25.0 Å². The Bertz CT molecular complexity index is 1620. The van der Waals surface area contributed by atoms with Gasteiger partial charge in [-0.15, -0.1) is 6.58 Å². The van der Waals surface area contributed by atoms with Crippen LogP contribution in [-0.4, -0.2) is 93.6 Å². The zero-order valence-corrected chi connectivity index (χ0v) is 29.7. The molecule has 0 aromatic heterocycles. The lowest BCUT2D eigenvalue weighted by Gasteiger charge is -2.36. The molecule has 4 amide bonds. The predicted molar refractivity (Wildman–Crippen MR) is 188 cm³/mol. The Kier molecular flexibility index (Phi) is 10.2. The van der Waals surface area contributed by atoms with Crippen LogP contribution in [0, 0.1) is 11.3 Å². The molecule has 0 bridgehead atoms. The van der Waals surface area contributed by atoms with Gasteiger partial charge in [-0.05, 0) is 56.7 Å². The molecule has 2 heterocycles. The number of amides is 4. The zero-order valence-electron chi connectivity index (χ0n) is 29.7. The monoisotopic (exact) mass is 687 g/mol. The summed E-state index contributed by atoms with van der Waals surface area (Å²) >= 11 is 0. The van der Waals surface area contributed by atoms with E-state index in [2.05, 4.69) is 17.2 Å². The summed E-state index contributed by atoms with van der Waals surface area (Å²) in [5.41, 5.74) is -1.25. The molecule has 1 saturated carbocycles. The number of anilines is 1. The number of benzene rings is 2. The minimum absolute atomic E-state index is 0.0401. The highest BCUT2D eigenvalue weighted by atomic mass is 16.6. The van der Waals surface area contributed by atoms with Gasteiger partial charge in [0.15, 0.2) is 0 Å². The number of carbonyl (C=O) groups excluding carboxylic acids is 4. The summed E-state index contributed by atoms with van der Waals surface area (Å²) in [5.74, 6) is -3.20. The standard InChI is InChI=1S/C38H49N5O7/c1-8-25-20-38(25,34(47)48)40-32(45)28-19-27(22-42(28)33(46)31(36(2,3)4)39-21-30(44)50-37(5,6)7)41-23-29(24-15-11-9-12-16-24)43(35(41)49)26-17-13-10-14-18-26/h8-18,25,27-29,31,39H,1,19-23H2,2-7H3,(H,40,45)(H,47,48)/t25-,27-,28+,29?,31-,38-/m1/s1. The minimum atomic E-state index is -1.50. The van der Waals surface area contributed by atoms with Crippen molar-refractivity contribution in [2.45, 2.75) is 89.7 Å². The first-order chi connectivity index (χ1) is 23.5. The van der Waals surface area contributed by atoms with Gasteiger partial charge in [0.25, 0.3) is 0 Å². The highest BCUT2D eigenvalue weighted by molar-refractivity contribution is 5.97. The smallest absolute Gasteiger partial charge is 0.330 e. The molecule has 2 aromatic rings. The van der Waals surface area contributed by atoms with Crippen LogP contribution in [0.15, 0.2) is 73.3 Å². The second-order valence-corrected chi connectivity index (χ2v) is 15.5. The van der Waals surface area contributed by atoms with Crippen molar-refractivity contribution in [3.8, 4) is 0 Å². The topological polar surface area (TPSA) is 149 Å². The van der Waals surface area contributed by atoms with Crippen LogP contribution in [0.1, 0.15) is 66.0 Å². The molecule has 268 valence electrons. The molecule has 6 atom stereocenters. The maximum atomic E-state index is 14.5. The van der Waals surface area contributed by atoms with E-state index in [0.29, 0.717) is 6.54 Å². The molecule has 2 aliphatic heterocycles. The van der Waals surface area contributed by atoms with Crippen LogP contribution in [0.4, 0.5) is 10.5 Å². The van der Waals surface area contributed by atoms with Crippen LogP contribution in [0.25, 0.3) is 0 Å². The molecule has 3 fully saturated rings. The fourth-order valence-electron chi connectivity index (χ4n) is 7.07. The lowest BCUT2D eigenvalue weighted by Crippen LogP contribution is -2.59. The summed E-state index contributed by atoms with van der Waals surface area (Å²) in [5, 5.41) is 15.8. The molecule has 50 heavy (non-hydrogen) atoms. The second kappa shape index (κ2) is 13.9. The molecule has 2 aromatic carbocycles. The van der Waals surface area contributed by atoms with Crippen LogP contribution in [0.2, 0.25) is 0 Å². The first-order valence-electron chi connectivity index (χ1n) is 17.1. The molecule has 1 unspecified atom stereocenters. The molecular formula is C38H49N5O7. The number of nitrogens with zero attached hydrogens (tertiary/aromatic N) is 3. The molecule has 3 aliphatic rings. The number of nitrogens with one attached hydrogen (secondary N) is 2. The van der Waals surface area contributed by atoms with E-state index in [1.807, 2.05) is 81.4 Å². The fourth-order valence-corrected chi connectivity index (χ4v) is 7.07. The summed E-state index contributed by atoms with van der Waals surface area (Å²) in [7, 11) is 0. The van der Waals surface area contributed by atoms with Crippen LogP contribution < -0.4 is 15.5 Å². The van der Waals surface area contributed by atoms with Gasteiger partial charge in [0.2, 0.25) is 11.8 Å². The van der Waals surface area contributed by atoms with E-state index in [1.165, 1.54) is 11.0 Å². The van der Waals surface area contributed by atoms with Crippen LogP contribution in [0.5, 0.6) is 0 Å². The van der Waals surface area contributed by atoms with E-state index < -0.39 is 64.4 Å². The average molecular weight is 688 g/mol. The SMILES string of the molecule is C=C[C@@H]1C[C@]1(NC(=O)[C@@H]1C[C@@H](N2CC(c3ccccc3)N(c3ccccc3)C2=O)CN1C(=O)[C@@H](NCC(=O)OC(C)(C)C)C(C)(C)C)C(=O)O. The Labute approximate surface area is 293 Å². The average Bonchev–Trinajstić information content (AvgIpc) is 3.40. The molecule has 0 spiro atoms. The van der Waals surface area contributed by atoms with E-state index in [0.717, 1.165) is 11.3 Å². The molecule has 12 nitrogen and oxygen atoms in total. The summed E-state index contributed by atoms with van der Waals surface area (Å²) in [4.78, 5) is 72.8. The number of hydrogen-bond donors (Lipinski definition) is 3. The van der Waals surface area contributed by atoms with Crippen molar-refractivity contribution in [1.82, 2.24) is 20.4 Å². The summed E-state index contributed by atoms with van der Waals surface area (Å²) in [6.07, 6.45) is 1.81. The van der Waals surface area contributed by atoms with Crippen LogP contribution in [0.3, 0.4) is 0 Å². The number of esters is 1. The molecule has 3 N–H and O–H groups in total. The Hall–Kier alpha value is -4.71. The minimum Gasteiger partial charge on any atom is -0.479 e. The summed E-state index contributed by atoms with van der Waals surface area (Å²) in [6.45, 7) is 14.7. The third-order valence-corrected chi connectivity index (χ3v) is 9.67. The lowest BCUT2D eigenvalue weighted by atomic mass is 9.85. The second-order valence-electron chi connectivity index (χ2n) is 15.5. The Balaban J connectivity index is 1.46. The first-order valence-corrected chi connectivity index (χ1v) is 17.1. The lowest BCUT2D eigenvalue weighted by molar-refractivity contribution is -0.154. The third kappa shape index (κ3) is 7.55. The van der Waals surface area contributed by atoms with Gasteiger partial charge in [0.05, 0.1) is 24.7 Å². The number of carbonyl (C=O) groups is 5. The quantitative estimate of drug-likeness (QED) is 0.236. The highest BCUT2D eigenvalue weighted by Gasteiger charge is 2.61. The number of carboxylic acids is 1. The van der Waals surface area contributed by atoms with E-state index >= 15 is 0 Å². The number of ether oxygens (including phenoxy) is 1. The van der Waals surface area contributed by atoms with Gasteiger partial charge in [-0.2, -0.15) is 0 Å². The maximum Gasteiger partial charge on any atom is 0.330 e. The molecule has 5 rings (SSSR count). The largest absolute Gasteiger partial charge is 0.479 e. The van der Waals surface area contributed by atoms with Crippen molar-refractivity contribution in [3.63, 3.8) is 0 Å². The molecular weight excluding hydrogens is 638 g/mol. The van der Waals surface area contributed by atoms with Gasteiger partial charge in [0, 0.05) is 24.7 Å². The van der Waals surface area contributed by atoms with Crippen molar-refractivity contribution in [3.05, 3.63) is 78.9 Å². The van der Waals surface area contributed by atoms with Crippen molar-refractivity contribution in [1.29, 1.82) is 0 Å². The van der Waals surface area contributed by atoms with Crippen LogP contribution >= 0.6 is 0 Å². The number of urea groups is 1. The Morgan fingerprint density at radius 3 is 2.16 bits per heavy atom. The predicted octanol–water partition coefficient (Wildman–Crippen LogP) is 4.13. The number of rotatable bonds is 11. The molecule has 2 saturated heterocycles. The van der Waals surface area contributed by atoms with Crippen molar-refractivity contribution in [2.24, 2.45) is 11.3 Å². The first kappa shape index (κ1) is 36.6. The van der Waals surface area contributed by atoms with Crippen LogP contribution in [-0.2, 0) is 23.9 Å². The number of aliphatic carboxylic acids is 1. The Morgan fingerprint density at radius 1 is 1.00 bits per heavy atom. The van der Waals surface area contributed by atoms with Gasteiger partial charge in [-0.3, -0.25) is 24.6 Å². The molecule has 1 aliphatic carbocycles. The number of para-hydroxylation sites is 1. The number of likely N-dealkylation sites (tertiary alicyclic amines) is 1. The maximum absolute atomic E-state index is 14.5. The fraction of sp³-hybridized carbons (Fsp3) is 0.500. The van der Waals surface area contributed by atoms with E-state index in [-0.39, 0.29) is 38.0 Å².